The summed E-state index contributed by atoms with van der Waals surface area (Å²) in [7, 11) is 3.65. The minimum atomic E-state index is -3.89. The Morgan fingerprint density at radius 1 is 0.848 bits per heavy atom. The summed E-state index contributed by atoms with van der Waals surface area (Å²) < 4.78 is 62.4. The summed E-state index contributed by atoms with van der Waals surface area (Å²) in [6.07, 6.45) is 5.48. The van der Waals surface area contributed by atoms with E-state index in [1.54, 1.807) is 6.07 Å². The maximum atomic E-state index is 14.7. The van der Waals surface area contributed by atoms with Crippen LogP contribution in [0, 0.1) is 36.3 Å². The molecule has 0 aliphatic heterocycles. The van der Waals surface area contributed by atoms with Gasteiger partial charge in [0, 0.05) is 16.3 Å². The van der Waals surface area contributed by atoms with E-state index in [-0.39, 0.29) is 11.7 Å². The molecule has 0 atom stereocenters. The average molecular weight is 476 g/mol. The zero-order valence-corrected chi connectivity index (χ0v) is 20.1. The molecular formula is C27H31F4OSi. The van der Waals surface area contributed by atoms with Crippen molar-refractivity contribution in [3.05, 3.63) is 64.7 Å². The molecule has 0 N–H and O–H groups in total. The second-order valence-corrected chi connectivity index (χ2v) is 10.3. The Hall–Kier alpha value is -1.82. The van der Waals surface area contributed by atoms with Crippen LogP contribution in [-0.4, -0.2) is 10.2 Å². The van der Waals surface area contributed by atoms with Crippen molar-refractivity contribution in [2.75, 3.05) is 0 Å². The van der Waals surface area contributed by atoms with E-state index in [9.17, 15) is 17.6 Å². The van der Waals surface area contributed by atoms with Gasteiger partial charge in [-0.15, -0.1) is 0 Å². The standard InChI is InChI=1S/C27H31F4OSi/c1-17-2-12-23(15-25(17)28)32-27(30,31)24-13-11-22(14-26(24)29)21-9-7-20(8-10-21)19-5-3-18(16-33)4-6-19/h2,11-15,18-21H,3-10,16H2,1H3. The van der Waals surface area contributed by atoms with Crippen LogP contribution < -0.4 is 4.74 Å². The van der Waals surface area contributed by atoms with Crippen LogP contribution in [0.4, 0.5) is 17.6 Å². The van der Waals surface area contributed by atoms with Gasteiger partial charge in [-0.3, -0.25) is 0 Å². The molecule has 6 heteroatoms. The zero-order valence-electron chi connectivity index (χ0n) is 19.1. The van der Waals surface area contributed by atoms with Gasteiger partial charge in [-0.2, -0.15) is 8.78 Å². The molecule has 0 unspecified atom stereocenters. The van der Waals surface area contributed by atoms with Gasteiger partial charge >= 0.3 is 6.11 Å². The SMILES string of the molecule is Cc1ccc(OC(F)(F)c2ccc(C3CCC(C4CCC(C[Si])CC4)CC3)cc2F)cc1F. The normalized spacial score (nSPS) is 26.2. The summed E-state index contributed by atoms with van der Waals surface area (Å²) >= 11 is 0. The molecule has 2 fully saturated rings. The van der Waals surface area contributed by atoms with Crippen LogP contribution in [0.2, 0.25) is 6.04 Å². The summed E-state index contributed by atoms with van der Waals surface area (Å²) in [6, 6.07) is 8.52. The topological polar surface area (TPSA) is 9.23 Å². The van der Waals surface area contributed by atoms with Crippen molar-refractivity contribution in [3.63, 3.8) is 0 Å². The lowest BCUT2D eigenvalue weighted by atomic mass is 9.68. The molecule has 2 saturated carbocycles. The van der Waals surface area contributed by atoms with Gasteiger partial charge in [0.15, 0.2) is 0 Å². The molecule has 0 bridgehead atoms. The van der Waals surface area contributed by atoms with Crippen molar-refractivity contribution in [2.45, 2.75) is 76.4 Å². The molecule has 0 heterocycles. The number of hydrogen-bond donors (Lipinski definition) is 0. The number of benzene rings is 2. The number of aryl methyl sites for hydroxylation is 1. The first kappa shape index (κ1) is 24.3. The molecule has 0 spiro atoms. The Morgan fingerprint density at radius 2 is 1.48 bits per heavy atom. The number of ether oxygens (including phenoxy) is 1. The summed E-state index contributed by atoms with van der Waals surface area (Å²) in [6.45, 7) is 1.53. The summed E-state index contributed by atoms with van der Waals surface area (Å²) in [5, 5.41) is 0. The van der Waals surface area contributed by atoms with E-state index in [1.165, 1.54) is 50.8 Å². The fraction of sp³-hybridized carbons (Fsp3) is 0.556. The second kappa shape index (κ2) is 10.2. The first-order valence-corrected chi connectivity index (χ1v) is 12.7. The van der Waals surface area contributed by atoms with Gasteiger partial charge in [-0.1, -0.05) is 31.0 Å². The van der Waals surface area contributed by atoms with Crippen molar-refractivity contribution in [1.82, 2.24) is 0 Å². The third-order valence-electron chi connectivity index (χ3n) is 7.79. The van der Waals surface area contributed by atoms with Crippen LogP contribution in [0.15, 0.2) is 36.4 Å². The minimum Gasteiger partial charge on any atom is -0.429 e. The van der Waals surface area contributed by atoms with E-state index in [4.69, 9.17) is 0 Å². The lowest BCUT2D eigenvalue weighted by molar-refractivity contribution is -0.187. The van der Waals surface area contributed by atoms with Gasteiger partial charge in [0.1, 0.15) is 17.4 Å². The molecule has 0 saturated heterocycles. The van der Waals surface area contributed by atoms with Gasteiger partial charge in [-0.05, 0) is 98.4 Å². The van der Waals surface area contributed by atoms with E-state index in [0.717, 1.165) is 67.2 Å². The highest BCUT2D eigenvalue weighted by atomic mass is 28.1. The Labute approximate surface area is 197 Å². The third kappa shape index (κ3) is 5.64. The summed E-state index contributed by atoms with van der Waals surface area (Å²) in [4.78, 5) is 0. The maximum absolute atomic E-state index is 14.7. The van der Waals surface area contributed by atoms with E-state index >= 15 is 0 Å². The van der Waals surface area contributed by atoms with Crippen LogP contribution in [0.3, 0.4) is 0 Å². The monoisotopic (exact) mass is 475 g/mol. The number of halogens is 4. The fourth-order valence-electron chi connectivity index (χ4n) is 5.65. The van der Waals surface area contributed by atoms with E-state index in [0.29, 0.717) is 5.56 Å². The van der Waals surface area contributed by atoms with Crippen LogP contribution in [-0.2, 0) is 6.11 Å². The van der Waals surface area contributed by atoms with Crippen molar-refractivity contribution in [2.24, 2.45) is 17.8 Å². The summed E-state index contributed by atoms with van der Waals surface area (Å²) in [5.41, 5.74) is 0.265. The van der Waals surface area contributed by atoms with Crippen LogP contribution in [0.1, 0.15) is 74.0 Å². The van der Waals surface area contributed by atoms with E-state index in [2.05, 4.69) is 15.0 Å². The molecule has 0 aromatic heterocycles. The Bertz CT molecular complexity index is 947. The lowest BCUT2D eigenvalue weighted by Gasteiger charge is -2.38. The predicted octanol–water partition coefficient (Wildman–Crippen LogP) is 8.07. The van der Waals surface area contributed by atoms with Crippen LogP contribution >= 0.6 is 0 Å². The first-order chi connectivity index (χ1) is 15.8. The highest BCUT2D eigenvalue weighted by Gasteiger charge is 2.38. The van der Waals surface area contributed by atoms with Gasteiger partial charge in [0.05, 0.1) is 5.56 Å². The van der Waals surface area contributed by atoms with Crippen LogP contribution in [0.25, 0.3) is 0 Å². The highest BCUT2D eigenvalue weighted by molar-refractivity contribution is 6.08. The Morgan fingerprint density at radius 3 is 2.06 bits per heavy atom. The minimum absolute atomic E-state index is 0.198. The molecule has 0 amide bonds. The lowest BCUT2D eigenvalue weighted by Crippen LogP contribution is -2.26. The molecule has 2 aromatic carbocycles. The molecule has 3 radical (unpaired) electrons. The largest absolute Gasteiger partial charge is 0.429 e. The predicted molar refractivity (Wildman–Crippen MR) is 123 cm³/mol. The van der Waals surface area contributed by atoms with Gasteiger partial charge in [-0.25, -0.2) is 8.78 Å². The van der Waals surface area contributed by atoms with Crippen molar-refractivity contribution in [3.8, 4) is 5.75 Å². The van der Waals surface area contributed by atoms with Gasteiger partial charge in [0.25, 0.3) is 0 Å². The van der Waals surface area contributed by atoms with Gasteiger partial charge in [0.2, 0.25) is 0 Å². The van der Waals surface area contributed by atoms with E-state index in [1.807, 2.05) is 0 Å². The highest BCUT2D eigenvalue weighted by Crippen LogP contribution is 2.45. The maximum Gasteiger partial charge on any atom is 0.429 e. The molecule has 177 valence electrons. The van der Waals surface area contributed by atoms with Crippen molar-refractivity contribution in [1.29, 1.82) is 0 Å². The van der Waals surface area contributed by atoms with Crippen molar-refractivity contribution < 1.29 is 22.3 Å². The zero-order chi connectivity index (χ0) is 23.6. The first-order valence-electron chi connectivity index (χ1n) is 12.0. The smallest absolute Gasteiger partial charge is 0.429 e. The molecule has 4 rings (SSSR count). The van der Waals surface area contributed by atoms with Gasteiger partial charge < -0.3 is 4.74 Å². The Kier molecular flexibility index (Phi) is 7.52. The molecule has 33 heavy (non-hydrogen) atoms. The van der Waals surface area contributed by atoms with E-state index < -0.39 is 23.3 Å². The molecule has 2 aromatic rings. The molecular weight excluding hydrogens is 444 g/mol. The fourth-order valence-corrected chi connectivity index (χ4v) is 6.06. The third-order valence-corrected chi connectivity index (χ3v) is 8.36. The molecule has 2 aliphatic rings. The molecule has 2 aliphatic carbocycles. The average Bonchev–Trinajstić information content (AvgIpc) is 2.81. The number of alkyl halides is 2. The number of hydrogen-bond acceptors (Lipinski definition) is 1. The Balaban J connectivity index is 1.38. The molecule has 1 nitrogen and oxygen atoms in total. The second-order valence-electron chi connectivity index (χ2n) is 9.87. The van der Waals surface area contributed by atoms with Crippen LogP contribution in [0.5, 0.6) is 5.75 Å². The number of rotatable bonds is 6. The quantitative estimate of drug-likeness (QED) is 0.303. The van der Waals surface area contributed by atoms with Crippen molar-refractivity contribution >= 4 is 10.2 Å². The summed E-state index contributed by atoms with van der Waals surface area (Å²) in [5.74, 6) is 0.559.